The average molecular weight is 351 g/mol. The third-order valence-electron chi connectivity index (χ3n) is 3.33. The Balaban J connectivity index is 1.57. The lowest BCUT2D eigenvalue weighted by atomic mass is 10.2. The molecule has 0 aliphatic carbocycles. The zero-order valence-electron chi connectivity index (χ0n) is 12.9. The van der Waals surface area contributed by atoms with Crippen molar-refractivity contribution in [1.29, 1.82) is 0 Å². The van der Waals surface area contributed by atoms with E-state index in [4.69, 9.17) is 0 Å². The van der Waals surface area contributed by atoms with E-state index in [9.17, 15) is 9.59 Å². The number of nitrogens with one attached hydrogen (secondary N) is 2. The molecule has 2 aromatic rings. The summed E-state index contributed by atoms with van der Waals surface area (Å²) in [5, 5.41) is 8.71. The van der Waals surface area contributed by atoms with Crippen LogP contribution in [0, 0.1) is 6.92 Å². The molecule has 0 fully saturated rings. The molecule has 0 radical (unpaired) electrons. The van der Waals surface area contributed by atoms with Crippen molar-refractivity contribution in [3.05, 3.63) is 21.6 Å². The molecule has 9 heteroatoms. The second-order valence-corrected chi connectivity index (χ2v) is 7.31. The third kappa shape index (κ3) is 4.12. The Morgan fingerprint density at radius 2 is 2.13 bits per heavy atom. The summed E-state index contributed by atoms with van der Waals surface area (Å²) in [7, 11) is 0. The average Bonchev–Trinajstić information content (AvgIpc) is 3.03. The molecule has 0 spiro atoms. The smallest absolute Gasteiger partial charge is 0.240 e. The number of carbonyl (C=O) groups is 2. The summed E-state index contributed by atoms with van der Waals surface area (Å²) in [5.41, 5.74) is 1.93. The van der Waals surface area contributed by atoms with Gasteiger partial charge in [0.15, 0.2) is 10.3 Å². The molecule has 2 N–H and O–H groups in total. The van der Waals surface area contributed by atoms with E-state index in [0.29, 0.717) is 23.4 Å². The van der Waals surface area contributed by atoms with Gasteiger partial charge >= 0.3 is 0 Å². The van der Waals surface area contributed by atoms with Crippen LogP contribution in [0.1, 0.15) is 23.2 Å². The number of anilines is 2. The molecule has 0 saturated heterocycles. The molecule has 3 rings (SSSR count). The molecular formula is C14H17N5O2S2. The van der Waals surface area contributed by atoms with Crippen molar-refractivity contribution in [2.45, 2.75) is 26.8 Å². The topological polar surface area (TPSA) is 87.2 Å². The van der Waals surface area contributed by atoms with Gasteiger partial charge < -0.3 is 10.6 Å². The number of hydrogen-bond donors (Lipinski definition) is 2. The Labute approximate surface area is 141 Å². The zero-order valence-corrected chi connectivity index (χ0v) is 14.5. The van der Waals surface area contributed by atoms with Gasteiger partial charge in [0.25, 0.3) is 0 Å². The van der Waals surface area contributed by atoms with E-state index in [2.05, 4.69) is 25.5 Å². The highest BCUT2D eigenvalue weighted by Gasteiger charge is 2.22. The minimum atomic E-state index is -0.119. The number of nitrogens with zero attached hydrogens (tertiary/aromatic N) is 3. The van der Waals surface area contributed by atoms with Crippen molar-refractivity contribution in [2.75, 3.05) is 23.7 Å². The van der Waals surface area contributed by atoms with Crippen molar-refractivity contribution in [2.24, 2.45) is 0 Å². The van der Waals surface area contributed by atoms with Crippen molar-refractivity contribution >= 4 is 44.8 Å². The van der Waals surface area contributed by atoms with Gasteiger partial charge in [-0.2, -0.15) is 0 Å². The lowest BCUT2D eigenvalue weighted by Gasteiger charge is -2.24. The number of carbonyl (C=O) groups excluding carboxylic acids is 2. The number of hydrogen-bond acceptors (Lipinski definition) is 7. The van der Waals surface area contributed by atoms with Crippen LogP contribution in [0.25, 0.3) is 0 Å². The van der Waals surface area contributed by atoms with Gasteiger partial charge in [0.1, 0.15) is 0 Å². The third-order valence-corrected chi connectivity index (χ3v) is 5.20. The summed E-state index contributed by atoms with van der Waals surface area (Å²) >= 11 is 2.90. The van der Waals surface area contributed by atoms with Gasteiger partial charge in [0, 0.05) is 36.7 Å². The van der Waals surface area contributed by atoms with Gasteiger partial charge in [0.05, 0.1) is 17.9 Å². The second kappa shape index (κ2) is 6.73. The molecule has 0 aromatic carbocycles. The number of aromatic nitrogens is 2. The van der Waals surface area contributed by atoms with E-state index in [0.717, 1.165) is 29.2 Å². The first-order chi connectivity index (χ1) is 11.0. The number of amides is 2. The summed E-state index contributed by atoms with van der Waals surface area (Å²) in [6, 6.07) is 0. The van der Waals surface area contributed by atoms with Crippen LogP contribution in [0.5, 0.6) is 0 Å². The van der Waals surface area contributed by atoms with Gasteiger partial charge in [-0.3, -0.25) is 14.5 Å². The van der Waals surface area contributed by atoms with E-state index in [1.165, 1.54) is 29.6 Å². The first kappa shape index (κ1) is 16.0. The highest BCUT2D eigenvalue weighted by Crippen LogP contribution is 2.28. The quantitative estimate of drug-likeness (QED) is 0.878. The molecule has 1 aliphatic heterocycles. The van der Waals surface area contributed by atoms with Crippen LogP contribution in [0.3, 0.4) is 0 Å². The summed E-state index contributed by atoms with van der Waals surface area (Å²) in [5.74, 6) is -0.180. The summed E-state index contributed by atoms with van der Waals surface area (Å²) in [4.78, 5) is 35.0. The van der Waals surface area contributed by atoms with Crippen molar-refractivity contribution in [3.8, 4) is 0 Å². The number of aryl methyl sites for hydroxylation is 1. The highest BCUT2D eigenvalue weighted by atomic mass is 32.1. The van der Waals surface area contributed by atoms with Crippen molar-refractivity contribution in [3.63, 3.8) is 0 Å². The molecule has 122 valence electrons. The molecule has 0 unspecified atom stereocenters. The Kier molecular flexibility index (Phi) is 4.69. The first-order valence-electron chi connectivity index (χ1n) is 7.20. The zero-order chi connectivity index (χ0) is 16.4. The Hall–Kier alpha value is -1.84. The van der Waals surface area contributed by atoms with Gasteiger partial charge in [-0.15, -0.1) is 22.7 Å². The molecule has 2 aromatic heterocycles. The largest absolute Gasteiger partial charge is 0.302 e. The van der Waals surface area contributed by atoms with E-state index < -0.39 is 0 Å². The van der Waals surface area contributed by atoms with Crippen LogP contribution in [0.15, 0.2) is 5.38 Å². The number of fused-ring (bicyclic) bond motifs is 1. The fourth-order valence-corrected chi connectivity index (χ4v) is 4.16. The van der Waals surface area contributed by atoms with Gasteiger partial charge in [-0.25, -0.2) is 9.97 Å². The molecular weight excluding hydrogens is 334 g/mol. The van der Waals surface area contributed by atoms with Crippen LogP contribution in [0.2, 0.25) is 0 Å². The molecule has 0 atom stereocenters. The van der Waals surface area contributed by atoms with Crippen molar-refractivity contribution < 1.29 is 9.59 Å². The molecule has 1 aliphatic rings. The predicted octanol–water partition coefficient (Wildman–Crippen LogP) is 1.86. The lowest BCUT2D eigenvalue weighted by molar-refractivity contribution is -0.117. The van der Waals surface area contributed by atoms with Crippen molar-refractivity contribution in [1.82, 2.24) is 14.9 Å². The summed E-state index contributed by atoms with van der Waals surface area (Å²) < 4.78 is 0. The SMILES string of the molecule is CC(=O)Nc1nc2c(s1)CN(CC(=O)Nc1nc(C)cs1)CC2. The molecule has 3 heterocycles. The molecule has 23 heavy (non-hydrogen) atoms. The Bertz CT molecular complexity index is 739. The van der Waals surface area contributed by atoms with E-state index in [1.54, 1.807) is 0 Å². The second-order valence-electron chi connectivity index (χ2n) is 5.37. The van der Waals surface area contributed by atoms with Crippen LogP contribution >= 0.6 is 22.7 Å². The van der Waals surface area contributed by atoms with Crippen LogP contribution in [0.4, 0.5) is 10.3 Å². The van der Waals surface area contributed by atoms with Crippen LogP contribution in [-0.4, -0.2) is 39.8 Å². The number of thiazole rings is 2. The molecule has 2 amide bonds. The van der Waals surface area contributed by atoms with Gasteiger partial charge in [-0.1, -0.05) is 0 Å². The predicted molar refractivity (Wildman–Crippen MR) is 90.9 cm³/mol. The first-order valence-corrected chi connectivity index (χ1v) is 8.89. The number of rotatable bonds is 4. The fraction of sp³-hybridized carbons (Fsp3) is 0.429. The van der Waals surface area contributed by atoms with Gasteiger partial charge in [-0.05, 0) is 6.92 Å². The minimum Gasteiger partial charge on any atom is -0.302 e. The normalized spacial score (nSPS) is 14.3. The van der Waals surface area contributed by atoms with Gasteiger partial charge in [0.2, 0.25) is 11.8 Å². The monoisotopic (exact) mass is 351 g/mol. The van der Waals surface area contributed by atoms with Crippen LogP contribution < -0.4 is 10.6 Å². The standard InChI is InChI=1S/C14H17N5O2S2/c1-8-7-22-13(15-8)18-12(21)6-19-4-3-10-11(5-19)23-14(17-10)16-9(2)20/h7H,3-6H2,1-2H3,(H,15,18,21)(H,16,17,20). The minimum absolute atomic E-state index is 0.0607. The molecule has 0 saturated carbocycles. The highest BCUT2D eigenvalue weighted by molar-refractivity contribution is 7.15. The maximum Gasteiger partial charge on any atom is 0.240 e. The van der Waals surface area contributed by atoms with E-state index >= 15 is 0 Å². The maximum absolute atomic E-state index is 12.1. The Morgan fingerprint density at radius 1 is 1.30 bits per heavy atom. The fourth-order valence-electron chi connectivity index (χ4n) is 2.36. The van der Waals surface area contributed by atoms with E-state index in [-0.39, 0.29) is 11.8 Å². The molecule has 0 bridgehead atoms. The summed E-state index contributed by atoms with van der Waals surface area (Å²) in [6.07, 6.45) is 0.787. The van der Waals surface area contributed by atoms with E-state index in [1.807, 2.05) is 12.3 Å². The lowest BCUT2D eigenvalue weighted by Crippen LogP contribution is -2.36. The van der Waals surface area contributed by atoms with Crippen LogP contribution in [-0.2, 0) is 22.6 Å². The Morgan fingerprint density at radius 3 is 2.83 bits per heavy atom. The summed E-state index contributed by atoms with van der Waals surface area (Å²) in [6.45, 7) is 5.15. The molecule has 7 nitrogen and oxygen atoms in total. The maximum atomic E-state index is 12.1.